The SMILES string of the molecule is CCCOc1ccc(Cl)cc1NC(=O)CCC(C)O. The van der Waals surface area contributed by atoms with Gasteiger partial charge in [0.05, 0.1) is 18.4 Å². The van der Waals surface area contributed by atoms with E-state index in [9.17, 15) is 4.79 Å². The third-order valence-corrected chi connectivity index (χ3v) is 2.70. The Hall–Kier alpha value is -1.26. The van der Waals surface area contributed by atoms with Gasteiger partial charge in [-0.05, 0) is 38.0 Å². The summed E-state index contributed by atoms with van der Waals surface area (Å²) in [4.78, 5) is 11.7. The molecule has 1 aromatic rings. The molecule has 0 aliphatic heterocycles. The first-order chi connectivity index (χ1) is 9.02. The van der Waals surface area contributed by atoms with Crippen LogP contribution in [0.15, 0.2) is 18.2 Å². The molecule has 0 saturated carbocycles. The molecular weight excluding hydrogens is 266 g/mol. The monoisotopic (exact) mass is 285 g/mol. The topological polar surface area (TPSA) is 58.6 Å². The highest BCUT2D eigenvalue weighted by atomic mass is 35.5. The number of hydrogen-bond acceptors (Lipinski definition) is 3. The van der Waals surface area contributed by atoms with Gasteiger partial charge in [-0.3, -0.25) is 4.79 Å². The highest BCUT2D eigenvalue weighted by Gasteiger charge is 2.09. The standard InChI is InChI=1S/C14H20ClNO3/c1-3-8-19-13-6-5-11(15)9-12(13)16-14(18)7-4-10(2)17/h5-6,9-10,17H,3-4,7-8H2,1-2H3,(H,16,18). The Kier molecular flexibility index (Phi) is 6.67. The summed E-state index contributed by atoms with van der Waals surface area (Å²) >= 11 is 5.91. The summed E-state index contributed by atoms with van der Waals surface area (Å²) in [5.74, 6) is 0.446. The van der Waals surface area contributed by atoms with Gasteiger partial charge in [0.15, 0.2) is 0 Å². The first kappa shape index (κ1) is 15.8. The fourth-order valence-electron chi connectivity index (χ4n) is 1.49. The molecule has 4 nitrogen and oxygen atoms in total. The summed E-state index contributed by atoms with van der Waals surface area (Å²) < 4.78 is 5.55. The second kappa shape index (κ2) is 8.02. The molecular formula is C14H20ClNO3. The molecule has 0 fully saturated rings. The molecule has 1 unspecified atom stereocenters. The summed E-state index contributed by atoms with van der Waals surface area (Å²) in [6.07, 6.45) is 1.09. The summed E-state index contributed by atoms with van der Waals surface area (Å²) in [6.45, 7) is 4.25. The lowest BCUT2D eigenvalue weighted by Gasteiger charge is -2.13. The second-order valence-corrected chi connectivity index (χ2v) is 4.86. The van der Waals surface area contributed by atoms with Crippen molar-refractivity contribution in [2.75, 3.05) is 11.9 Å². The Morgan fingerprint density at radius 3 is 2.89 bits per heavy atom. The first-order valence-electron chi connectivity index (χ1n) is 6.43. The van der Waals surface area contributed by atoms with Crippen molar-refractivity contribution >= 4 is 23.2 Å². The van der Waals surface area contributed by atoms with Gasteiger partial charge in [0.2, 0.25) is 5.91 Å². The van der Waals surface area contributed by atoms with Crippen molar-refractivity contribution in [1.29, 1.82) is 0 Å². The largest absolute Gasteiger partial charge is 0.491 e. The van der Waals surface area contributed by atoms with E-state index >= 15 is 0 Å². The summed E-state index contributed by atoms with van der Waals surface area (Å²) in [6, 6.07) is 5.12. The van der Waals surface area contributed by atoms with Crippen molar-refractivity contribution in [2.45, 2.75) is 39.2 Å². The van der Waals surface area contributed by atoms with Crippen molar-refractivity contribution in [3.63, 3.8) is 0 Å². The highest BCUT2D eigenvalue weighted by molar-refractivity contribution is 6.31. The van der Waals surface area contributed by atoms with Crippen molar-refractivity contribution < 1.29 is 14.6 Å². The number of benzene rings is 1. The Morgan fingerprint density at radius 1 is 1.53 bits per heavy atom. The quantitative estimate of drug-likeness (QED) is 0.809. The minimum Gasteiger partial charge on any atom is -0.491 e. The molecule has 0 spiro atoms. The van der Waals surface area contributed by atoms with Gasteiger partial charge in [-0.2, -0.15) is 0 Å². The average molecular weight is 286 g/mol. The van der Waals surface area contributed by atoms with E-state index in [1.807, 2.05) is 6.92 Å². The number of carbonyl (C=O) groups is 1. The number of amides is 1. The number of anilines is 1. The van der Waals surface area contributed by atoms with Gasteiger partial charge in [-0.1, -0.05) is 18.5 Å². The van der Waals surface area contributed by atoms with E-state index in [0.29, 0.717) is 29.5 Å². The molecule has 106 valence electrons. The van der Waals surface area contributed by atoms with E-state index in [0.717, 1.165) is 6.42 Å². The van der Waals surface area contributed by atoms with Crippen molar-refractivity contribution in [3.8, 4) is 5.75 Å². The maximum atomic E-state index is 11.7. The van der Waals surface area contributed by atoms with Crippen LogP contribution >= 0.6 is 11.6 Å². The molecule has 0 saturated heterocycles. The van der Waals surface area contributed by atoms with Gasteiger partial charge in [-0.25, -0.2) is 0 Å². The smallest absolute Gasteiger partial charge is 0.224 e. The van der Waals surface area contributed by atoms with Gasteiger partial charge in [0.1, 0.15) is 5.75 Å². The molecule has 1 atom stereocenters. The van der Waals surface area contributed by atoms with Crippen molar-refractivity contribution in [1.82, 2.24) is 0 Å². The Bertz CT molecular complexity index is 421. The van der Waals surface area contributed by atoms with Crippen LogP contribution in [0, 0.1) is 0 Å². The van der Waals surface area contributed by atoms with Crippen molar-refractivity contribution in [2.24, 2.45) is 0 Å². The Balaban J connectivity index is 2.69. The molecule has 0 aromatic heterocycles. The van der Waals surface area contributed by atoms with Gasteiger partial charge < -0.3 is 15.2 Å². The number of carbonyl (C=O) groups excluding carboxylic acids is 1. The Morgan fingerprint density at radius 2 is 2.26 bits per heavy atom. The van der Waals surface area contributed by atoms with E-state index in [-0.39, 0.29) is 12.3 Å². The lowest BCUT2D eigenvalue weighted by Crippen LogP contribution is -2.15. The van der Waals surface area contributed by atoms with Crippen LogP contribution in [-0.4, -0.2) is 23.7 Å². The minimum atomic E-state index is -0.485. The molecule has 0 bridgehead atoms. The van der Waals surface area contributed by atoms with Crippen LogP contribution in [0.5, 0.6) is 5.75 Å². The number of ether oxygens (including phenoxy) is 1. The third kappa shape index (κ3) is 5.94. The predicted octanol–water partition coefficient (Wildman–Crippen LogP) is 3.23. The zero-order chi connectivity index (χ0) is 14.3. The molecule has 0 radical (unpaired) electrons. The maximum absolute atomic E-state index is 11.7. The lowest BCUT2D eigenvalue weighted by molar-refractivity contribution is -0.116. The number of hydrogen-bond donors (Lipinski definition) is 2. The average Bonchev–Trinajstić information content (AvgIpc) is 2.35. The first-order valence-corrected chi connectivity index (χ1v) is 6.81. The zero-order valence-corrected chi connectivity index (χ0v) is 12.0. The van der Waals surface area contributed by atoms with E-state index in [1.54, 1.807) is 25.1 Å². The van der Waals surface area contributed by atoms with Crippen LogP contribution in [0.1, 0.15) is 33.1 Å². The Labute approximate surface area is 118 Å². The molecule has 2 N–H and O–H groups in total. The van der Waals surface area contributed by atoms with Crippen LogP contribution in [0.25, 0.3) is 0 Å². The van der Waals surface area contributed by atoms with Crippen LogP contribution in [0.2, 0.25) is 5.02 Å². The molecule has 5 heteroatoms. The van der Waals surface area contributed by atoms with Gasteiger partial charge in [0, 0.05) is 11.4 Å². The van der Waals surface area contributed by atoms with Crippen LogP contribution in [0.3, 0.4) is 0 Å². The summed E-state index contributed by atoms with van der Waals surface area (Å²) in [7, 11) is 0. The summed E-state index contributed by atoms with van der Waals surface area (Å²) in [5.41, 5.74) is 0.566. The van der Waals surface area contributed by atoms with Crippen molar-refractivity contribution in [3.05, 3.63) is 23.2 Å². The van der Waals surface area contributed by atoms with E-state index in [2.05, 4.69) is 5.32 Å². The zero-order valence-electron chi connectivity index (χ0n) is 11.3. The van der Waals surface area contributed by atoms with Crippen LogP contribution in [0.4, 0.5) is 5.69 Å². The fourth-order valence-corrected chi connectivity index (χ4v) is 1.66. The molecule has 0 aliphatic carbocycles. The molecule has 0 aliphatic rings. The molecule has 1 aromatic carbocycles. The minimum absolute atomic E-state index is 0.162. The lowest BCUT2D eigenvalue weighted by atomic mass is 10.2. The number of aliphatic hydroxyl groups excluding tert-OH is 1. The predicted molar refractivity (Wildman–Crippen MR) is 76.8 cm³/mol. The van der Waals surface area contributed by atoms with Crippen LogP contribution in [-0.2, 0) is 4.79 Å². The van der Waals surface area contributed by atoms with Gasteiger partial charge in [-0.15, -0.1) is 0 Å². The van der Waals surface area contributed by atoms with Gasteiger partial charge in [0.25, 0.3) is 0 Å². The maximum Gasteiger partial charge on any atom is 0.224 e. The molecule has 0 heterocycles. The number of rotatable bonds is 7. The summed E-state index contributed by atoms with van der Waals surface area (Å²) in [5, 5.41) is 12.4. The van der Waals surface area contributed by atoms with E-state index in [1.165, 1.54) is 0 Å². The third-order valence-electron chi connectivity index (χ3n) is 2.47. The molecule has 19 heavy (non-hydrogen) atoms. The normalized spacial score (nSPS) is 12.0. The highest BCUT2D eigenvalue weighted by Crippen LogP contribution is 2.28. The number of aliphatic hydroxyl groups is 1. The number of halogens is 1. The fraction of sp³-hybridized carbons (Fsp3) is 0.500. The van der Waals surface area contributed by atoms with Gasteiger partial charge >= 0.3 is 0 Å². The molecule has 1 rings (SSSR count). The number of nitrogens with one attached hydrogen (secondary N) is 1. The van der Waals surface area contributed by atoms with Crippen LogP contribution < -0.4 is 10.1 Å². The second-order valence-electron chi connectivity index (χ2n) is 4.42. The van der Waals surface area contributed by atoms with E-state index < -0.39 is 6.10 Å². The van der Waals surface area contributed by atoms with E-state index in [4.69, 9.17) is 21.4 Å². The molecule has 1 amide bonds.